The summed E-state index contributed by atoms with van der Waals surface area (Å²) < 4.78 is 40.1. The maximum atomic E-state index is 12.9. The van der Waals surface area contributed by atoms with Crippen molar-refractivity contribution in [1.29, 1.82) is 0 Å². The van der Waals surface area contributed by atoms with Gasteiger partial charge in [0.2, 0.25) is 0 Å². The Morgan fingerprint density at radius 1 is 1.21 bits per heavy atom. The molecule has 1 fully saturated rings. The average Bonchev–Trinajstić information content (AvgIpc) is 2.92. The molecule has 3 rings (SSSR count). The zero-order valence-electron chi connectivity index (χ0n) is 13.4. The van der Waals surface area contributed by atoms with E-state index in [0.29, 0.717) is 29.5 Å². The molecule has 0 saturated heterocycles. The van der Waals surface area contributed by atoms with E-state index in [2.05, 4.69) is 9.97 Å². The van der Waals surface area contributed by atoms with Gasteiger partial charge in [0.15, 0.2) is 5.13 Å². The summed E-state index contributed by atoms with van der Waals surface area (Å²) in [6.07, 6.45) is -1.55. The van der Waals surface area contributed by atoms with Crippen molar-refractivity contribution in [3.63, 3.8) is 0 Å². The second-order valence-electron chi connectivity index (χ2n) is 6.27. The Morgan fingerprint density at radius 2 is 1.88 bits per heavy atom. The molecule has 1 saturated carbocycles. The highest BCUT2D eigenvalue weighted by atomic mass is 32.1. The fraction of sp³-hybridized carbons (Fsp3) is 0.562. The van der Waals surface area contributed by atoms with Crippen molar-refractivity contribution in [2.75, 3.05) is 0 Å². The van der Waals surface area contributed by atoms with Crippen molar-refractivity contribution in [1.82, 2.24) is 14.5 Å². The van der Waals surface area contributed by atoms with E-state index in [1.165, 1.54) is 22.0 Å². The number of nitrogens with zero attached hydrogens (tertiary/aromatic N) is 3. The van der Waals surface area contributed by atoms with Gasteiger partial charge in [-0.05, 0) is 39.5 Å². The molecule has 0 aromatic carbocycles. The molecule has 0 atom stereocenters. The molecule has 0 spiro atoms. The van der Waals surface area contributed by atoms with Crippen molar-refractivity contribution in [2.45, 2.75) is 51.6 Å². The normalized spacial score (nSPS) is 21.9. The third-order valence-corrected chi connectivity index (χ3v) is 5.33. The standard InChI is InChI=1S/C16H18F3N3OS/c1-9-7-13(23)22(15-20-8-10(2)24-15)14(21-9)11-3-5-12(6-4-11)16(17,18)19/h7-8,11-12H,3-6H2,1-2H3. The molecule has 1 aliphatic carbocycles. The van der Waals surface area contributed by atoms with E-state index in [0.717, 1.165) is 4.88 Å². The third kappa shape index (κ3) is 3.38. The molecule has 2 aromatic heterocycles. The Labute approximate surface area is 141 Å². The first-order valence-corrected chi connectivity index (χ1v) is 8.67. The minimum absolute atomic E-state index is 0.0782. The van der Waals surface area contributed by atoms with E-state index in [4.69, 9.17) is 0 Å². The molecule has 24 heavy (non-hydrogen) atoms. The van der Waals surface area contributed by atoms with Crippen LogP contribution in [0.2, 0.25) is 0 Å². The van der Waals surface area contributed by atoms with Gasteiger partial charge in [-0.2, -0.15) is 13.2 Å². The predicted molar refractivity (Wildman–Crippen MR) is 85.7 cm³/mol. The third-order valence-electron chi connectivity index (χ3n) is 4.43. The quantitative estimate of drug-likeness (QED) is 0.811. The maximum absolute atomic E-state index is 12.9. The number of aryl methyl sites for hydroxylation is 2. The van der Waals surface area contributed by atoms with Gasteiger partial charge >= 0.3 is 6.18 Å². The van der Waals surface area contributed by atoms with Crippen LogP contribution in [-0.2, 0) is 0 Å². The highest BCUT2D eigenvalue weighted by Gasteiger charge is 2.42. The number of rotatable bonds is 2. The molecule has 0 N–H and O–H groups in total. The zero-order chi connectivity index (χ0) is 17.5. The second kappa shape index (κ2) is 6.31. The molecular weight excluding hydrogens is 339 g/mol. The van der Waals surface area contributed by atoms with Crippen LogP contribution in [0.5, 0.6) is 0 Å². The molecule has 2 heterocycles. The van der Waals surface area contributed by atoms with Gasteiger partial charge < -0.3 is 0 Å². The summed E-state index contributed by atoms with van der Waals surface area (Å²) in [6.45, 7) is 3.62. The Morgan fingerprint density at radius 3 is 2.42 bits per heavy atom. The minimum atomic E-state index is -4.14. The summed E-state index contributed by atoms with van der Waals surface area (Å²) in [5.41, 5.74) is 0.349. The first-order chi connectivity index (χ1) is 11.3. The molecule has 130 valence electrons. The average molecular weight is 357 g/mol. The first kappa shape index (κ1) is 17.1. The van der Waals surface area contributed by atoms with E-state index in [1.807, 2.05) is 6.92 Å². The van der Waals surface area contributed by atoms with Crippen LogP contribution < -0.4 is 5.56 Å². The van der Waals surface area contributed by atoms with Crippen LogP contribution in [-0.4, -0.2) is 20.7 Å². The molecule has 1 aliphatic rings. The van der Waals surface area contributed by atoms with E-state index >= 15 is 0 Å². The fourth-order valence-electron chi connectivity index (χ4n) is 3.21. The number of hydrogen-bond acceptors (Lipinski definition) is 4. The van der Waals surface area contributed by atoms with Crippen LogP contribution in [0.1, 0.15) is 48.0 Å². The van der Waals surface area contributed by atoms with E-state index in [1.54, 1.807) is 13.1 Å². The number of alkyl halides is 3. The summed E-state index contributed by atoms with van der Waals surface area (Å²) in [6, 6.07) is 1.43. The smallest absolute Gasteiger partial charge is 0.269 e. The Hall–Kier alpha value is -1.70. The zero-order valence-corrected chi connectivity index (χ0v) is 14.2. The van der Waals surface area contributed by atoms with Crippen LogP contribution >= 0.6 is 11.3 Å². The summed E-state index contributed by atoms with van der Waals surface area (Å²) in [4.78, 5) is 22.1. The highest BCUT2D eigenvalue weighted by Crippen LogP contribution is 2.42. The van der Waals surface area contributed by atoms with Crippen LogP contribution in [0.15, 0.2) is 17.1 Å². The van der Waals surface area contributed by atoms with E-state index in [9.17, 15) is 18.0 Å². The monoisotopic (exact) mass is 357 g/mol. The largest absolute Gasteiger partial charge is 0.391 e. The summed E-state index contributed by atoms with van der Waals surface area (Å²) in [5, 5.41) is 0.526. The Kier molecular flexibility index (Phi) is 4.50. The molecule has 8 heteroatoms. The van der Waals surface area contributed by atoms with Crippen LogP contribution in [0.3, 0.4) is 0 Å². The van der Waals surface area contributed by atoms with Crippen LogP contribution in [0, 0.1) is 19.8 Å². The second-order valence-corrected chi connectivity index (χ2v) is 7.49. The molecule has 0 radical (unpaired) electrons. The van der Waals surface area contributed by atoms with Gasteiger partial charge in [-0.25, -0.2) is 14.5 Å². The lowest BCUT2D eigenvalue weighted by Crippen LogP contribution is -2.30. The summed E-state index contributed by atoms with van der Waals surface area (Å²) in [5.74, 6) is -0.865. The van der Waals surface area contributed by atoms with Crippen molar-refractivity contribution in [2.24, 2.45) is 5.92 Å². The van der Waals surface area contributed by atoms with Gasteiger partial charge in [0.1, 0.15) is 5.82 Å². The number of hydrogen-bond donors (Lipinski definition) is 0. The first-order valence-electron chi connectivity index (χ1n) is 7.86. The van der Waals surface area contributed by atoms with Gasteiger partial charge in [0.25, 0.3) is 5.56 Å². The van der Waals surface area contributed by atoms with Crippen molar-refractivity contribution >= 4 is 11.3 Å². The maximum Gasteiger partial charge on any atom is 0.391 e. The molecule has 0 bridgehead atoms. The van der Waals surface area contributed by atoms with Gasteiger partial charge in [-0.15, -0.1) is 11.3 Å². The molecule has 0 aliphatic heterocycles. The number of thiazole rings is 1. The predicted octanol–water partition coefficient (Wildman–Crippen LogP) is 4.14. The minimum Gasteiger partial charge on any atom is -0.269 e. The number of halogens is 3. The van der Waals surface area contributed by atoms with Crippen molar-refractivity contribution in [3.8, 4) is 5.13 Å². The summed E-state index contributed by atoms with van der Waals surface area (Å²) in [7, 11) is 0. The van der Waals surface area contributed by atoms with Gasteiger partial charge in [-0.1, -0.05) is 0 Å². The summed E-state index contributed by atoms with van der Waals surface area (Å²) >= 11 is 1.38. The fourth-order valence-corrected chi connectivity index (χ4v) is 3.98. The number of aromatic nitrogens is 3. The van der Waals surface area contributed by atoms with Gasteiger partial charge in [0, 0.05) is 28.8 Å². The van der Waals surface area contributed by atoms with E-state index in [-0.39, 0.29) is 24.3 Å². The van der Waals surface area contributed by atoms with E-state index < -0.39 is 12.1 Å². The van der Waals surface area contributed by atoms with Crippen molar-refractivity contribution in [3.05, 3.63) is 39.0 Å². The van der Waals surface area contributed by atoms with Crippen molar-refractivity contribution < 1.29 is 13.2 Å². The Bertz CT molecular complexity index is 789. The topological polar surface area (TPSA) is 47.8 Å². The molecular formula is C16H18F3N3OS. The lowest BCUT2D eigenvalue weighted by atomic mass is 9.81. The van der Waals surface area contributed by atoms with Gasteiger partial charge in [-0.3, -0.25) is 4.79 Å². The van der Waals surface area contributed by atoms with Crippen LogP contribution in [0.4, 0.5) is 13.2 Å². The Balaban J connectivity index is 1.95. The molecule has 0 unspecified atom stereocenters. The lowest BCUT2D eigenvalue weighted by molar-refractivity contribution is -0.182. The molecule has 0 amide bonds. The molecule has 4 nitrogen and oxygen atoms in total. The van der Waals surface area contributed by atoms with Gasteiger partial charge in [0.05, 0.1) is 5.92 Å². The highest BCUT2D eigenvalue weighted by molar-refractivity contribution is 7.14. The SMILES string of the molecule is Cc1cc(=O)n(-c2ncc(C)s2)c(C2CCC(C(F)(F)F)CC2)n1. The molecule has 2 aromatic rings. The van der Waals surface area contributed by atoms with Crippen LogP contribution in [0.25, 0.3) is 5.13 Å². The lowest BCUT2D eigenvalue weighted by Gasteiger charge is -2.30.